The van der Waals surface area contributed by atoms with Crippen LogP contribution in [-0.4, -0.2) is 29.4 Å². The van der Waals surface area contributed by atoms with E-state index in [0.717, 1.165) is 43.4 Å². The van der Waals surface area contributed by atoms with Crippen LogP contribution in [-0.2, 0) is 11.2 Å². The average Bonchev–Trinajstić information content (AvgIpc) is 2.73. The molecular formula is C23H25N3O3. The molecule has 3 rings (SSSR count). The first-order valence-corrected chi connectivity index (χ1v) is 9.72. The SMILES string of the molecule is COc1cccc(CC(=O)NC2(C#Cc3cncc(C(N)=O)c3)CCCCC2)c1. The van der Waals surface area contributed by atoms with Crippen LogP contribution in [0.3, 0.4) is 0 Å². The minimum absolute atomic E-state index is 0.0709. The lowest BCUT2D eigenvalue weighted by Gasteiger charge is -2.33. The van der Waals surface area contributed by atoms with Gasteiger partial charge in [-0.2, -0.15) is 0 Å². The summed E-state index contributed by atoms with van der Waals surface area (Å²) in [6.45, 7) is 0. The summed E-state index contributed by atoms with van der Waals surface area (Å²) in [5.41, 5.74) is 6.55. The topological polar surface area (TPSA) is 94.3 Å². The summed E-state index contributed by atoms with van der Waals surface area (Å²) in [6.07, 6.45) is 8.02. The number of ether oxygens (including phenoxy) is 1. The van der Waals surface area contributed by atoms with Gasteiger partial charge in [-0.05, 0) is 36.6 Å². The summed E-state index contributed by atoms with van der Waals surface area (Å²) in [5, 5.41) is 3.16. The van der Waals surface area contributed by atoms with Crippen molar-refractivity contribution in [3.05, 3.63) is 59.4 Å². The summed E-state index contributed by atoms with van der Waals surface area (Å²) in [7, 11) is 1.61. The zero-order valence-corrected chi connectivity index (χ0v) is 16.5. The molecule has 0 saturated heterocycles. The lowest BCUT2D eigenvalue weighted by molar-refractivity contribution is -0.122. The smallest absolute Gasteiger partial charge is 0.250 e. The highest BCUT2D eigenvalue weighted by Gasteiger charge is 2.31. The summed E-state index contributed by atoms with van der Waals surface area (Å²) in [5.74, 6) is 6.45. The highest BCUT2D eigenvalue weighted by Crippen LogP contribution is 2.28. The number of amides is 2. The number of carbonyl (C=O) groups is 2. The second-order valence-electron chi connectivity index (χ2n) is 7.30. The summed E-state index contributed by atoms with van der Waals surface area (Å²) in [6, 6.07) is 9.11. The van der Waals surface area contributed by atoms with Crippen LogP contribution >= 0.6 is 0 Å². The summed E-state index contributed by atoms with van der Waals surface area (Å²) in [4.78, 5) is 28.1. The Morgan fingerprint density at radius 3 is 2.72 bits per heavy atom. The molecule has 6 nitrogen and oxygen atoms in total. The van der Waals surface area contributed by atoms with Gasteiger partial charge in [-0.3, -0.25) is 14.6 Å². The Morgan fingerprint density at radius 2 is 2.00 bits per heavy atom. The van der Waals surface area contributed by atoms with Crippen LogP contribution in [0, 0.1) is 11.8 Å². The molecule has 0 unspecified atom stereocenters. The molecule has 0 atom stereocenters. The Bertz CT molecular complexity index is 953. The average molecular weight is 391 g/mol. The molecule has 6 heteroatoms. The van der Waals surface area contributed by atoms with E-state index in [0.29, 0.717) is 11.1 Å². The number of hydrogen-bond acceptors (Lipinski definition) is 4. The van der Waals surface area contributed by atoms with Gasteiger partial charge in [0.1, 0.15) is 11.3 Å². The zero-order chi connectivity index (χ0) is 20.7. The van der Waals surface area contributed by atoms with Crippen molar-refractivity contribution in [2.24, 2.45) is 5.73 Å². The lowest BCUT2D eigenvalue weighted by atomic mass is 9.81. The quantitative estimate of drug-likeness (QED) is 0.766. The standard InChI is InChI=1S/C23H25N3O3/c1-29-20-7-5-6-17(13-20)14-21(27)26-23(9-3-2-4-10-23)11-8-18-12-19(22(24)28)16-25-15-18/h5-7,12-13,15-16H,2-4,9-10,14H2,1H3,(H2,24,28)(H,26,27). The monoisotopic (exact) mass is 391 g/mol. The molecule has 1 fully saturated rings. The van der Waals surface area contributed by atoms with Crippen molar-refractivity contribution in [2.45, 2.75) is 44.1 Å². The van der Waals surface area contributed by atoms with E-state index in [4.69, 9.17) is 10.5 Å². The third-order valence-electron chi connectivity index (χ3n) is 5.05. The van der Waals surface area contributed by atoms with Gasteiger partial charge >= 0.3 is 0 Å². The Balaban J connectivity index is 1.77. The third kappa shape index (κ3) is 5.58. The number of nitrogens with zero attached hydrogens (tertiary/aromatic N) is 1. The second-order valence-corrected chi connectivity index (χ2v) is 7.30. The molecule has 0 radical (unpaired) electrons. The first-order valence-electron chi connectivity index (χ1n) is 9.72. The van der Waals surface area contributed by atoms with Gasteiger partial charge in [0, 0.05) is 18.0 Å². The first kappa shape index (κ1) is 20.4. The van der Waals surface area contributed by atoms with Crippen LogP contribution < -0.4 is 15.8 Å². The normalized spacial score (nSPS) is 14.9. The van der Waals surface area contributed by atoms with E-state index in [1.54, 1.807) is 19.4 Å². The van der Waals surface area contributed by atoms with Crippen molar-refractivity contribution >= 4 is 11.8 Å². The number of benzene rings is 1. The number of pyridine rings is 1. The number of hydrogen-bond donors (Lipinski definition) is 2. The molecule has 1 aliphatic rings. The number of aromatic nitrogens is 1. The van der Waals surface area contributed by atoms with E-state index in [1.165, 1.54) is 6.20 Å². The van der Waals surface area contributed by atoms with E-state index in [-0.39, 0.29) is 12.3 Å². The molecule has 1 aromatic carbocycles. The minimum atomic E-state index is -0.572. The fourth-order valence-corrected chi connectivity index (χ4v) is 3.55. The molecule has 0 spiro atoms. The molecule has 0 bridgehead atoms. The van der Waals surface area contributed by atoms with Crippen LogP contribution in [0.25, 0.3) is 0 Å². The Labute approximate surface area is 170 Å². The maximum atomic E-state index is 12.7. The van der Waals surface area contributed by atoms with Gasteiger partial charge < -0.3 is 15.8 Å². The van der Waals surface area contributed by atoms with Gasteiger partial charge in [-0.25, -0.2) is 0 Å². The predicted octanol–water partition coefficient (Wildman–Crippen LogP) is 2.60. The van der Waals surface area contributed by atoms with Crippen molar-refractivity contribution in [1.29, 1.82) is 0 Å². The molecule has 0 aliphatic heterocycles. The molecule has 3 N–H and O–H groups in total. The van der Waals surface area contributed by atoms with Gasteiger partial charge in [0.15, 0.2) is 0 Å². The number of carbonyl (C=O) groups excluding carboxylic acids is 2. The predicted molar refractivity (Wildman–Crippen MR) is 110 cm³/mol. The second kappa shape index (κ2) is 9.24. The number of nitrogens with one attached hydrogen (secondary N) is 1. The molecule has 1 saturated carbocycles. The molecule has 1 heterocycles. The Morgan fingerprint density at radius 1 is 1.21 bits per heavy atom. The van der Waals surface area contributed by atoms with Crippen molar-refractivity contribution in [3.63, 3.8) is 0 Å². The first-order chi connectivity index (χ1) is 14.0. The van der Waals surface area contributed by atoms with Crippen molar-refractivity contribution in [1.82, 2.24) is 10.3 Å². The zero-order valence-electron chi connectivity index (χ0n) is 16.5. The van der Waals surface area contributed by atoms with E-state index < -0.39 is 11.4 Å². The molecule has 150 valence electrons. The Hall–Kier alpha value is -3.33. The highest BCUT2D eigenvalue weighted by molar-refractivity contribution is 5.92. The van der Waals surface area contributed by atoms with Crippen LogP contribution in [0.5, 0.6) is 5.75 Å². The van der Waals surface area contributed by atoms with Crippen molar-refractivity contribution in [3.8, 4) is 17.6 Å². The van der Waals surface area contributed by atoms with Gasteiger partial charge in [0.2, 0.25) is 11.8 Å². The summed E-state index contributed by atoms with van der Waals surface area (Å²) >= 11 is 0. The minimum Gasteiger partial charge on any atom is -0.497 e. The fourth-order valence-electron chi connectivity index (χ4n) is 3.55. The van der Waals surface area contributed by atoms with Gasteiger partial charge in [-0.1, -0.05) is 43.2 Å². The molecule has 1 aliphatic carbocycles. The summed E-state index contributed by atoms with van der Waals surface area (Å²) < 4.78 is 5.23. The van der Waals surface area contributed by atoms with E-state index >= 15 is 0 Å². The molecular weight excluding hydrogens is 366 g/mol. The fraction of sp³-hybridized carbons (Fsp3) is 0.348. The number of primary amides is 1. The maximum Gasteiger partial charge on any atom is 0.250 e. The number of nitrogens with two attached hydrogens (primary N) is 1. The third-order valence-corrected chi connectivity index (χ3v) is 5.05. The Kier molecular flexibility index (Phi) is 6.50. The maximum absolute atomic E-state index is 12.7. The van der Waals surface area contributed by atoms with E-state index in [2.05, 4.69) is 22.1 Å². The van der Waals surface area contributed by atoms with Crippen LogP contribution in [0.1, 0.15) is 53.6 Å². The molecule has 2 aromatic rings. The van der Waals surface area contributed by atoms with Gasteiger partial charge in [-0.15, -0.1) is 0 Å². The van der Waals surface area contributed by atoms with Crippen LogP contribution in [0.2, 0.25) is 0 Å². The van der Waals surface area contributed by atoms with E-state index in [1.807, 2.05) is 24.3 Å². The van der Waals surface area contributed by atoms with Crippen LogP contribution in [0.4, 0.5) is 0 Å². The molecule has 29 heavy (non-hydrogen) atoms. The lowest BCUT2D eigenvalue weighted by Crippen LogP contribution is -2.49. The number of rotatable bonds is 5. The van der Waals surface area contributed by atoms with Crippen molar-refractivity contribution in [2.75, 3.05) is 7.11 Å². The largest absolute Gasteiger partial charge is 0.497 e. The number of methoxy groups -OCH3 is 1. The highest BCUT2D eigenvalue weighted by atomic mass is 16.5. The van der Waals surface area contributed by atoms with Crippen LogP contribution in [0.15, 0.2) is 42.7 Å². The molecule has 1 aromatic heterocycles. The van der Waals surface area contributed by atoms with E-state index in [9.17, 15) is 9.59 Å². The molecule has 2 amide bonds. The van der Waals surface area contributed by atoms with Gasteiger partial charge in [0.05, 0.1) is 19.1 Å². The van der Waals surface area contributed by atoms with Crippen molar-refractivity contribution < 1.29 is 14.3 Å². The van der Waals surface area contributed by atoms with Gasteiger partial charge in [0.25, 0.3) is 0 Å².